The van der Waals surface area contributed by atoms with Gasteiger partial charge in [0.1, 0.15) is 0 Å². The van der Waals surface area contributed by atoms with Gasteiger partial charge in [-0.2, -0.15) is 0 Å². The first-order chi connectivity index (χ1) is 9.75. The molecule has 1 aliphatic rings. The van der Waals surface area contributed by atoms with Gasteiger partial charge in [-0.3, -0.25) is 4.90 Å². The molecule has 0 amide bonds. The number of rotatable bonds is 3. The van der Waals surface area contributed by atoms with Crippen LogP contribution in [0.4, 0.5) is 0 Å². The molecule has 20 heavy (non-hydrogen) atoms. The fourth-order valence-electron chi connectivity index (χ4n) is 2.76. The third kappa shape index (κ3) is 2.80. The number of hydrogen-bond donors (Lipinski definition) is 0. The molecule has 2 heterocycles. The Morgan fingerprint density at radius 3 is 2.40 bits per heavy atom. The molecule has 0 spiro atoms. The summed E-state index contributed by atoms with van der Waals surface area (Å²) in [5.74, 6) is 0. The molecule has 1 atom stereocenters. The highest BCUT2D eigenvalue weighted by Gasteiger charge is 2.18. The first-order valence-electron chi connectivity index (χ1n) is 7.22. The molecule has 0 bridgehead atoms. The standard InChI is InChI=1S/C17H21NOS/c1-13-7-12-20-17(13)16-5-3-15(4-6-16)14(2)18-8-10-19-11-9-18/h3-7,12,14H,8-11H2,1-2H3/t14-/m1/s1. The van der Waals surface area contributed by atoms with Crippen LogP contribution < -0.4 is 0 Å². The highest BCUT2D eigenvalue weighted by molar-refractivity contribution is 7.13. The summed E-state index contributed by atoms with van der Waals surface area (Å²) in [6.45, 7) is 8.25. The zero-order valence-electron chi connectivity index (χ0n) is 12.1. The van der Waals surface area contributed by atoms with Crippen LogP contribution in [0.5, 0.6) is 0 Å². The van der Waals surface area contributed by atoms with Crippen molar-refractivity contribution in [3.05, 3.63) is 46.8 Å². The number of morpholine rings is 1. The predicted octanol–water partition coefficient (Wildman–Crippen LogP) is 4.12. The van der Waals surface area contributed by atoms with E-state index in [4.69, 9.17) is 4.74 Å². The second kappa shape index (κ2) is 6.08. The van der Waals surface area contributed by atoms with Crippen LogP contribution in [0.2, 0.25) is 0 Å². The van der Waals surface area contributed by atoms with Crippen molar-refractivity contribution >= 4 is 11.3 Å². The van der Waals surface area contributed by atoms with Gasteiger partial charge in [-0.1, -0.05) is 24.3 Å². The Morgan fingerprint density at radius 1 is 1.10 bits per heavy atom. The van der Waals surface area contributed by atoms with E-state index in [1.807, 2.05) is 11.3 Å². The van der Waals surface area contributed by atoms with Crippen molar-refractivity contribution in [3.8, 4) is 10.4 Å². The largest absolute Gasteiger partial charge is 0.379 e. The molecular weight excluding hydrogens is 266 g/mol. The minimum Gasteiger partial charge on any atom is -0.379 e. The molecule has 1 fully saturated rings. The summed E-state index contributed by atoms with van der Waals surface area (Å²) in [5, 5.41) is 2.16. The maximum Gasteiger partial charge on any atom is 0.0594 e. The van der Waals surface area contributed by atoms with E-state index >= 15 is 0 Å². The smallest absolute Gasteiger partial charge is 0.0594 e. The lowest BCUT2D eigenvalue weighted by atomic mass is 10.0. The van der Waals surface area contributed by atoms with E-state index in [0.29, 0.717) is 6.04 Å². The molecule has 106 valence electrons. The van der Waals surface area contributed by atoms with Crippen LogP contribution in [-0.2, 0) is 4.74 Å². The normalized spacial score (nSPS) is 18.1. The van der Waals surface area contributed by atoms with E-state index in [9.17, 15) is 0 Å². The molecule has 1 aromatic heterocycles. The predicted molar refractivity (Wildman–Crippen MR) is 85.3 cm³/mol. The zero-order chi connectivity index (χ0) is 13.9. The van der Waals surface area contributed by atoms with Crippen molar-refractivity contribution in [2.45, 2.75) is 19.9 Å². The van der Waals surface area contributed by atoms with Crippen LogP contribution in [-0.4, -0.2) is 31.2 Å². The Hall–Kier alpha value is -1.16. The highest BCUT2D eigenvalue weighted by Crippen LogP contribution is 2.30. The van der Waals surface area contributed by atoms with Crippen molar-refractivity contribution in [1.82, 2.24) is 4.90 Å². The van der Waals surface area contributed by atoms with Gasteiger partial charge in [0.15, 0.2) is 0 Å². The molecule has 2 nitrogen and oxygen atoms in total. The number of benzene rings is 1. The van der Waals surface area contributed by atoms with Gasteiger partial charge in [-0.05, 0) is 42.0 Å². The number of aryl methyl sites for hydroxylation is 1. The third-order valence-corrected chi connectivity index (χ3v) is 5.18. The maximum absolute atomic E-state index is 5.43. The monoisotopic (exact) mass is 287 g/mol. The van der Waals surface area contributed by atoms with Crippen molar-refractivity contribution in [2.24, 2.45) is 0 Å². The summed E-state index contributed by atoms with van der Waals surface area (Å²) in [5.41, 5.74) is 4.09. The Labute approximate surface area is 125 Å². The first-order valence-corrected chi connectivity index (χ1v) is 8.10. The number of nitrogens with zero attached hydrogens (tertiary/aromatic N) is 1. The van der Waals surface area contributed by atoms with Crippen LogP contribution in [0.25, 0.3) is 10.4 Å². The minimum absolute atomic E-state index is 0.470. The number of ether oxygens (including phenoxy) is 1. The zero-order valence-corrected chi connectivity index (χ0v) is 13.0. The quantitative estimate of drug-likeness (QED) is 0.842. The maximum atomic E-state index is 5.43. The summed E-state index contributed by atoms with van der Waals surface area (Å²) in [6, 6.07) is 11.7. The minimum atomic E-state index is 0.470. The van der Waals surface area contributed by atoms with Crippen LogP contribution in [0.1, 0.15) is 24.1 Å². The van der Waals surface area contributed by atoms with Gasteiger partial charge in [-0.25, -0.2) is 0 Å². The van der Waals surface area contributed by atoms with Crippen molar-refractivity contribution in [3.63, 3.8) is 0 Å². The fraction of sp³-hybridized carbons (Fsp3) is 0.412. The Bertz CT molecular complexity index is 555. The van der Waals surface area contributed by atoms with E-state index in [2.05, 4.69) is 54.5 Å². The van der Waals surface area contributed by atoms with Gasteiger partial charge in [0, 0.05) is 24.0 Å². The molecule has 0 saturated carbocycles. The Kier molecular flexibility index (Phi) is 4.20. The highest BCUT2D eigenvalue weighted by atomic mass is 32.1. The Balaban J connectivity index is 1.77. The van der Waals surface area contributed by atoms with Crippen LogP contribution in [0.15, 0.2) is 35.7 Å². The summed E-state index contributed by atoms with van der Waals surface area (Å²) in [7, 11) is 0. The summed E-state index contributed by atoms with van der Waals surface area (Å²) < 4.78 is 5.43. The molecule has 0 radical (unpaired) electrons. The molecule has 0 unspecified atom stereocenters. The van der Waals surface area contributed by atoms with E-state index in [1.165, 1.54) is 21.6 Å². The average Bonchev–Trinajstić information content (AvgIpc) is 2.94. The second-order valence-corrected chi connectivity index (χ2v) is 6.30. The van der Waals surface area contributed by atoms with Crippen molar-refractivity contribution in [2.75, 3.05) is 26.3 Å². The molecule has 1 aliphatic heterocycles. The number of thiophene rings is 1. The van der Waals surface area contributed by atoms with Gasteiger partial charge < -0.3 is 4.74 Å². The van der Waals surface area contributed by atoms with Gasteiger partial charge in [0.05, 0.1) is 13.2 Å². The number of hydrogen-bond acceptors (Lipinski definition) is 3. The van der Waals surface area contributed by atoms with E-state index in [-0.39, 0.29) is 0 Å². The van der Waals surface area contributed by atoms with Crippen LogP contribution in [0, 0.1) is 6.92 Å². The second-order valence-electron chi connectivity index (χ2n) is 5.38. The van der Waals surface area contributed by atoms with Gasteiger partial charge in [-0.15, -0.1) is 11.3 Å². The van der Waals surface area contributed by atoms with Crippen LogP contribution >= 0.6 is 11.3 Å². The summed E-state index contributed by atoms with van der Waals surface area (Å²) in [6.07, 6.45) is 0. The van der Waals surface area contributed by atoms with E-state index in [0.717, 1.165) is 26.3 Å². The molecule has 0 aliphatic carbocycles. The molecule has 3 rings (SSSR count). The summed E-state index contributed by atoms with van der Waals surface area (Å²) >= 11 is 1.82. The van der Waals surface area contributed by atoms with Crippen molar-refractivity contribution in [1.29, 1.82) is 0 Å². The lowest BCUT2D eigenvalue weighted by Crippen LogP contribution is -2.37. The topological polar surface area (TPSA) is 12.5 Å². The Morgan fingerprint density at radius 2 is 1.80 bits per heavy atom. The molecule has 1 saturated heterocycles. The van der Waals surface area contributed by atoms with Gasteiger partial charge in [0.25, 0.3) is 0 Å². The van der Waals surface area contributed by atoms with E-state index in [1.54, 1.807) is 0 Å². The van der Waals surface area contributed by atoms with Crippen LogP contribution in [0.3, 0.4) is 0 Å². The van der Waals surface area contributed by atoms with Gasteiger partial charge >= 0.3 is 0 Å². The molecule has 0 N–H and O–H groups in total. The lowest BCUT2D eigenvalue weighted by Gasteiger charge is -2.32. The first kappa shape index (κ1) is 13.8. The van der Waals surface area contributed by atoms with Crippen molar-refractivity contribution < 1.29 is 4.74 Å². The average molecular weight is 287 g/mol. The molecule has 2 aromatic rings. The SMILES string of the molecule is Cc1ccsc1-c1ccc([C@@H](C)N2CCOCC2)cc1. The molecule has 1 aromatic carbocycles. The van der Waals surface area contributed by atoms with Gasteiger partial charge in [0.2, 0.25) is 0 Å². The molecule has 3 heteroatoms. The van der Waals surface area contributed by atoms with E-state index < -0.39 is 0 Å². The third-order valence-electron chi connectivity index (χ3n) is 4.11. The molecular formula is C17H21NOS. The summed E-state index contributed by atoms with van der Waals surface area (Å²) in [4.78, 5) is 3.88. The lowest BCUT2D eigenvalue weighted by molar-refractivity contribution is 0.0198. The fourth-order valence-corrected chi connectivity index (χ4v) is 3.69.